The average Bonchev–Trinajstić information content (AvgIpc) is 3.48. The van der Waals surface area contributed by atoms with Gasteiger partial charge < -0.3 is 19.9 Å². The highest BCUT2D eigenvalue weighted by atomic mass is 19.1. The molecule has 0 aliphatic carbocycles. The van der Waals surface area contributed by atoms with Gasteiger partial charge in [0.25, 0.3) is 5.91 Å². The van der Waals surface area contributed by atoms with Crippen LogP contribution in [-0.4, -0.2) is 77.0 Å². The van der Waals surface area contributed by atoms with Crippen LogP contribution in [0.4, 0.5) is 4.39 Å². The molecule has 9 nitrogen and oxygen atoms in total. The first-order valence-corrected chi connectivity index (χ1v) is 10.4. The van der Waals surface area contributed by atoms with Crippen molar-refractivity contribution in [2.75, 3.05) is 45.9 Å². The molecule has 1 aromatic carbocycles. The van der Waals surface area contributed by atoms with Crippen LogP contribution in [-0.2, 0) is 9.53 Å². The van der Waals surface area contributed by atoms with E-state index in [2.05, 4.69) is 20.6 Å². The average molecular weight is 440 g/mol. The van der Waals surface area contributed by atoms with Gasteiger partial charge in [0, 0.05) is 38.6 Å². The number of benzene rings is 1. The third-order valence-electron chi connectivity index (χ3n) is 5.18. The minimum absolute atomic E-state index is 0.169. The SMILES string of the molecule is O=C(CNC(=O)c1cnn(-c2ccccc2F)c1-n1cccc1)NCCN1CCOCC1. The Labute approximate surface area is 184 Å². The molecule has 3 heterocycles. The Balaban J connectivity index is 1.41. The van der Waals surface area contributed by atoms with Gasteiger partial charge in [0.2, 0.25) is 5.91 Å². The van der Waals surface area contributed by atoms with E-state index in [1.807, 2.05) is 0 Å². The number of para-hydroxylation sites is 1. The van der Waals surface area contributed by atoms with E-state index in [1.54, 1.807) is 47.3 Å². The highest BCUT2D eigenvalue weighted by Gasteiger charge is 2.21. The molecule has 1 aliphatic heterocycles. The lowest BCUT2D eigenvalue weighted by atomic mass is 10.2. The minimum atomic E-state index is -0.473. The monoisotopic (exact) mass is 440 g/mol. The van der Waals surface area contributed by atoms with Gasteiger partial charge in [-0.2, -0.15) is 5.10 Å². The molecule has 0 spiro atoms. The van der Waals surface area contributed by atoms with Crippen molar-refractivity contribution in [2.24, 2.45) is 0 Å². The van der Waals surface area contributed by atoms with Gasteiger partial charge >= 0.3 is 0 Å². The van der Waals surface area contributed by atoms with Crippen molar-refractivity contribution in [3.05, 3.63) is 66.4 Å². The molecule has 10 heteroatoms. The first-order valence-electron chi connectivity index (χ1n) is 10.4. The summed E-state index contributed by atoms with van der Waals surface area (Å²) in [4.78, 5) is 27.2. The van der Waals surface area contributed by atoms with Gasteiger partial charge in [-0.05, 0) is 24.3 Å². The fourth-order valence-electron chi connectivity index (χ4n) is 3.52. The second-order valence-corrected chi connectivity index (χ2v) is 7.32. The van der Waals surface area contributed by atoms with Gasteiger partial charge in [-0.25, -0.2) is 9.07 Å². The molecule has 2 aromatic heterocycles. The molecule has 2 N–H and O–H groups in total. The predicted octanol–water partition coefficient (Wildman–Crippen LogP) is 0.980. The van der Waals surface area contributed by atoms with Crippen LogP contribution in [0, 0.1) is 5.82 Å². The number of morpholine rings is 1. The summed E-state index contributed by atoms with van der Waals surface area (Å²) in [6, 6.07) is 9.78. The van der Waals surface area contributed by atoms with Gasteiger partial charge in [0.15, 0.2) is 5.82 Å². The second-order valence-electron chi connectivity index (χ2n) is 7.32. The number of hydrogen-bond acceptors (Lipinski definition) is 5. The van der Waals surface area contributed by atoms with Crippen LogP contribution in [0.5, 0.6) is 0 Å². The van der Waals surface area contributed by atoms with Crippen LogP contribution in [0.25, 0.3) is 11.5 Å². The van der Waals surface area contributed by atoms with E-state index >= 15 is 0 Å². The van der Waals surface area contributed by atoms with Crippen LogP contribution in [0.1, 0.15) is 10.4 Å². The number of nitrogens with one attached hydrogen (secondary N) is 2. The molecule has 0 atom stereocenters. The van der Waals surface area contributed by atoms with Crippen LogP contribution < -0.4 is 10.6 Å². The molecule has 0 unspecified atom stereocenters. The quantitative estimate of drug-likeness (QED) is 0.545. The molecule has 1 saturated heterocycles. The Bertz CT molecular complexity index is 1060. The number of carbonyl (C=O) groups excluding carboxylic acids is 2. The fourth-order valence-corrected chi connectivity index (χ4v) is 3.52. The normalized spacial score (nSPS) is 14.3. The molecule has 0 bridgehead atoms. The summed E-state index contributed by atoms with van der Waals surface area (Å²) in [6.45, 7) is 4.16. The molecule has 3 aromatic rings. The summed E-state index contributed by atoms with van der Waals surface area (Å²) < 4.78 is 22.7. The van der Waals surface area contributed by atoms with Crippen LogP contribution >= 0.6 is 0 Å². The molecule has 4 rings (SSSR count). The van der Waals surface area contributed by atoms with Gasteiger partial charge in [0.05, 0.1) is 26.0 Å². The van der Waals surface area contributed by atoms with E-state index < -0.39 is 11.7 Å². The number of rotatable bonds is 8. The summed E-state index contributed by atoms with van der Waals surface area (Å²) in [7, 11) is 0. The standard InChI is InChI=1S/C22H25FN6O3/c23-18-5-1-2-6-19(18)29-22(28-8-3-4-9-28)17(15-26-29)21(31)25-16-20(30)24-7-10-27-11-13-32-14-12-27/h1-6,8-9,15H,7,10-14,16H2,(H,24,30)(H,25,31). The molecule has 0 saturated carbocycles. The highest BCUT2D eigenvalue weighted by molar-refractivity contribution is 5.99. The van der Waals surface area contributed by atoms with E-state index in [-0.39, 0.29) is 23.7 Å². The van der Waals surface area contributed by atoms with Crippen molar-refractivity contribution in [2.45, 2.75) is 0 Å². The second kappa shape index (κ2) is 10.2. The van der Waals surface area contributed by atoms with Crippen molar-refractivity contribution in [3.63, 3.8) is 0 Å². The summed E-state index contributed by atoms with van der Waals surface area (Å²) in [5, 5.41) is 9.66. The van der Waals surface area contributed by atoms with Crippen LogP contribution in [0.2, 0.25) is 0 Å². The third kappa shape index (κ3) is 5.04. The molecule has 2 amide bonds. The lowest BCUT2D eigenvalue weighted by Gasteiger charge is -2.26. The summed E-state index contributed by atoms with van der Waals surface area (Å²) in [6.07, 6.45) is 4.85. The number of halogens is 1. The molecule has 1 aliphatic rings. The number of amides is 2. The third-order valence-corrected chi connectivity index (χ3v) is 5.18. The molecular weight excluding hydrogens is 415 g/mol. The molecule has 168 valence electrons. The van der Waals surface area contributed by atoms with Gasteiger partial charge in [0.1, 0.15) is 17.1 Å². The van der Waals surface area contributed by atoms with Crippen molar-refractivity contribution in [1.29, 1.82) is 0 Å². The number of nitrogens with zero attached hydrogens (tertiary/aromatic N) is 4. The first-order chi connectivity index (χ1) is 15.6. The van der Waals surface area contributed by atoms with Gasteiger partial charge in [-0.1, -0.05) is 12.1 Å². The lowest BCUT2D eigenvalue weighted by molar-refractivity contribution is -0.120. The summed E-state index contributed by atoms with van der Waals surface area (Å²) in [5.74, 6) is -0.837. The Morgan fingerprint density at radius 3 is 2.56 bits per heavy atom. The lowest BCUT2D eigenvalue weighted by Crippen LogP contribution is -2.43. The van der Waals surface area contributed by atoms with Crippen molar-refractivity contribution in [1.82, 2.24) is 29.9 Å². The van der Waals surface area contributed by atoms with Crippen molar-refractivity contribution >= 4 is 11.8 Å². The fraction of sp³-hybridized carbons (Fsp3) is 0.318. The van der Waals surface area contributed by atoms with Gasteiger partial charge in [-0.15, -0.1) is 0 Å². The Hall–Kier alpha value is -3.50. The van der Waals surface area contributed by atoms with Crippen LogP contribution in [0.15, 0.2) is 55.0 Å². The zero-order valence-electron chi connectivity index (χ0n) is 17.5. The number of hydrogen-bond donors (Lipinski definition) is 2. The largest absolute Gasteiger partial charge is 0.379 e. The predicted molar refractivity (Wildman–Crippen MR) is 115 cm³/mol. The zero-order chi connectivity index (χ0) is 22.3. The Kier molecular flexibility index (Phi) is 6.93. The van der Waals surface area contributed by atoms with E-state index in [0.29, 0.717) is 25.6 Å². The Morgan fingerprint density at radius 1 is 1.06 bits per heavy atom. The Morgan fingerprint density at radius 2 is 1.81 bits per heavy atom. The number of ether oxygens (including phenoxy) is 1. The summed E-state index contributed by atoms with van der Waals surface area (Å²) >= 11 is 0. The van der Waals surface area contributed by atoms with E-state index in [4.69, 9.17) is 4.74 Å². The van der Waals surface area contributed by atoms with E-state index in [1.165, 1.54) is 16.9 Å². The zero-order valence-corrected chi connectivity index (χ0v) is 17.5. The van der Waals surface area contributed by atoms with Gasteiger partial charge in [-0.3, -0.25) is 14.5 Å². The molecule has 1 fully saturated rings. The molecular formula is C22H25FN6O3. The van der Waals surface area contributed by atoms with Crippen molar-refractivity contribution in [3.8, 4) is 11.5 Å². The summed E-state index contributed by atoms with van der Waals surface area (Å²) in [5.41, 5.74) is 0.446. The van der Waals surface area contributed by atoms with Crippen LogP contribution in [0.3, 0.4) is 0 Å². The number of carbonyl (C=O) groups is 2. The van der Waals surface area contributed by atoms with Crippen molar-refractivity contribution < 1.29 is 18.7 Å². The topological polar surface area (TPSA) is 93.4 Å². The number of aromatic nitrogens is 3. The minimum Gasteiger partial charge on any atom is -0.379 e. The maximum absolute atomic E-state index is 14.4. The van der Waals surface area contributed by atoms with E-state index in [9.17, 15) is 14.0 Å². The maximum Gasteiger partial charge on any atom is 0.257 e. The maximum atomic E-state index is 14.4. The highest BCUT2D eigenvalue weighted by Crippen LogP contribution is 2.21. The molecule has 32 heavy (non-hydrogen) atoms. The first kappa shape index (κ1) is 21.7. The van der Waals surface area contributed by atoms with E-state index in [0.717, 1.165) is 19.6 Å². The molecule has 0 radical (unpaired) electrons. The smallest absolute Gasteiger partial charge is 0.257 e.